The second-order valence-corrected chi connectivity index (χ2v) is 8.88. The molecule has 4 aliphatic rings. The van der Waals surface area contributed by atoms with Gasteiger partial charge in [-0.25, -0.2) is 0 Å². The third-order valence-corrected chi connectivity index (χ3v) is 6.50. The van der Waals surface area contributed by atoms with Crippen molar-refractivity contribution in [3.05, 3.63) is 0 Å². The van der Waals surface area contributed by atoms with Crippen LogP contribution >= 0.6 is 0 Å². The number of ether oxygens (including phenoxy) is 1. The van der Waals surface area contributed by atoms with Gasteiger partial charge in [-0.2, -0.15) is 30.4 Å². The second kappa shape index (κ2) is 5.60. The van der Waals surface area contributed by atoms with E-state index < -0.39 is 50.9 Å². The van der Waals surface area contributed by atoms with Crippen LogP contribution in [-0.4, -0.2) is 42.3 Å². The van der Waals surface area contributed by atoms with Crippen LogP contribution in [0.2, 0.25) is 0 Å². The van der Waals surface area contributed by atoms with Crippen molar-refractivity contribution < 1.29 is 49.2 Å². The molecule has 0 heterocycles. The number of hydrogen-bond acceptors (Lipinski definition) is 5. The Morgan fingerprint density at radius 2 is 1.62 bits per heavy atom. The van der Waals surface area contributed by atoms with Crippen LogP contribution in [0, 0.1) is 23.2 Å². The SMILES string of the molecule is O=C1C2CC3C[C@@H]1CC(C(=O)OC(C(F)(F)F)C(F)(F)S(=O)(=O)O)(C3)C2. The zero-order valence-electron chi connectivity index (χ0n) is 13.1. The van der Waals surface area contributed by atoms with Crippen LogP contribution in [0.1, 0.15) is 32.1 Å². The largest absolute Gasteiger partial charge is 0.444 e. The Bertz CT molecular complexity index is 727. The molecular weight excluding hydrogens is 391 g/mol. The fraction of sp³-hybridized carbons (Fsp3) is 0.857. The van der Waals surface area contributed by atoms with Gasteiger partial charge < -0.3 is 4.74 Å². The van der Waals surface area contributed by atoms with Crippen LogP contribution in [0.5, 0.6) is 0 Å². The Labute approximate surface area is 144 Å². The molecule has 0 spiro atoms. The lowest BCUT2D eigenvalue weighted by atomic mass is 9.49. The summed E-state index contributed by atoms with van der Waals surface area (Å²) in [6.07, 6.45) is -9.36. The average molecular weight is 406 g/mol. The molecule has 26 heavy (non-hydrogen) atoms. The molecule has 0 aromatic rings. The molecule has 148 valence electrons. The van der Waals surface area contributed by atoms with E-state index in [4.69, 9.17) is 4.55 Å². The van der Waals surface area contributed by atoms with Gasteiger partial charge in [0, 0.05) is 11.8 Å². The molecule has 4 unspecified atom stereocenters. The third-order valence-electron chi connectivity index (χ3n) is 5.60. The lowest BCUT2D eigenvalue weighted by Gasteiger charge is -2.54. The monoisotopic (exact) mass is 406 g/mol. The van der Waals surface area contributed by atoms with Crippen molar-refractivity contribution in [2.45, 2.75) is 49.6 Å². The highest BCUT2D eigenvalue weighted by Crippen LogP contribution is 2.59. The van der Waals surface area contributed by atoms with Crippen molar-refractivity contribution in [1.82, 2.24) is 0 Å². The van der Waals surface area contributed by atoms with E-state index in [-0.39, 0.29) is 31.0 Å². The van der Waals surface area contributed by atoms with Gasteiger partial charge in [-0.1, -0.05) is 0 Å². The first-order valence-corrected chi connectivity index (χ1v) is 9.28. The molecular formula is C14H15F5O6S. The van der Waals surface area contributed by atoms with Crippen LogP contribution in [0.25, 0.3) is 0 Å². The molecule has 0 aromatic heterocycles. The summed E-state index contributed by atoms with van der Waals surface area (Å²) < 4.78 is 99.8. The fourth-order valence-corrected chi connectivity index (χ4v) is 5.14. The molecule has 4 rings (SSSR count). The first kappa shape index (κ1) is 19.5. The highest BCUT2D eigenvalue weighted by atomic mass is 32.2. The van der Waals surface area contributed by atoms with Crippen molar-refractivity contribution in [3.8, 4) is 0 Å². The van der Waals surface area contributed by atoms with Gasteiger partial charge >= 0.3 is 27.5 Å². The van der Waals surface area contributed by atoms with Gasteiger partial charge in [-0.3, -0.25) is 14.1 Å². The maximum absolute atomic E-state index is 13.6. The van der Waals surface area contributed by atoms with E-state index >= 15 is 0 Å². The number of halogens is 5. The number of carbonyl (C=O) groups excluding carboxylic acids is 2. The summed E-state index contributed by atoms with van der Waals surface area (Å²) in [4.78, 5) is 24.4. The zero-order valence-corrected chi connectivity index (χ0v) is 13.9. The number of carbonyl (C=O) groups is 2. The molecule has 5 atom stereocenters. The van der Waals surface area contributed by atoms with Gasteiger partial charge in [0.15, 0.2) is 0 Å². The standard InChI is InChI=1S/C14H15F5O6S/c15-13(16,17)10(14(18,19)26(22,23)24)25-11(21)12-3-6-1-7(4-12)9(20)8(2-6)5-12/h6-8,10H,1-5H2,(H,22,23,24)/t6?,7-,8?,10?,12?/m1/s1. The molecule has 4 saturated carbocycles. The highest BCUT2D eigenvalue weighted by Gasteiger charge is 2.68. The minimum atomic E-state index is -6.48. The topological polar surface area (TPSA) is 97.7 Å². The van der Waals surface area contributed by atoms with E-state index in [1.165, 1.54) is 0 Å². The fourth-order valence-electron chi connectivity index (χ4n) is 4.69. The first-order valence-electron chi connectivity index (χ1n) is 7.84. The summed E-state index contributed by atoms with van der Waals surface area (Å²) in [7, 11) is -6.48. The van der Waals surface area contributed by atoms with Crippen LogP contribution in [0.3, 0.4) is 0 Å². The summed E-state index contributed by atoms with van der Waals surface area (Å²) >= 11 is 0. The summed E-state index contributed by atoms with van der Waals surface area (Å²) in [6.45, 7) is 0. The van der Waals surface area contributed by atoms with Crippen LogP contribution in [-0.2, 0) is 24.4 Å². The molecule has 12 heteroatoms. The average Bonchev–Trinajstić information content (AvgIpc) is 2.46. The van der Waals surface area contributed by atoms with Gasteiger partial charge in [-0.15, -0.1) is 0 Å². The molecule has 4 aliphatic carbocycles. The van der Waals surface area contributed by atoms with Gasteiger partial charge in [-0.05, 0) is 38.0 Å². The Hall–Kier alpha value is -1.30. The molecule has 6 nitrogen and oxygen atoms in total. The van der Waals surface area contributed by atoms with Crippen LogP contribution < -0.4 is 0 Å². The second-order valence-electron chi connectivity index (χ2n) is 7.39. The number of Topliss-reactive ketones (excluding diaryl/α,β-unsaturated/α-hetero) is 1. The van der Waals surface area contributed by atoms with Crippen molar-refractivity contribution in [2.75, 3.05) is 0 Å². The molecule has 4 fully saturated rings. The Morgan fingerprint density at radius 1 is 1.12 bits per heavy atom. The number of hydrogen-bond donors (Lipinski definition) is 1. The maximum atomic E-state index is 13.6. The Kier molecular flexibility index (Phi) is 4.19. The van der Waals surface area contributed by atoms with Crippen molar-refractivity contribution in [1.29, 1.82) is 0 Å². The minimum absolute atomic E-state index is 0.0833. The normalized spacial score (nSPS) is 35.5. The summed E-state index contributed by atoms with van der Waals surface area (Å²) in [5.41, 5.74) is -1.51. The smallest absolute Gasteiger partial charge is 0.432 e. The molecule has 0 radical (unpaired) electrons. The molecule has 4 bridgehead atoms. The molecule has 1 N–H and O–H groups in total. The Balaban J connectivity index is 1.89. The van der Waals surface area contributed by atoms with Gasteiger partial charge in [0.2, 0.25) is 0 Å². The number of alkyl halides is 5. The molecule has 0 saturated heterocycles. The third kappa shape index (κ3) is 2.90. The molecule has 0 amide bonds. The predicted octanol–water partition coefficient (Wildman–Crippen LogP) is 2.34. The van der Waals surface area contributed by atoms with Crippen molar-refractivity contribution in [2.24, 2.45) is 23.2 Å². The highest BCUT2D eigenvalue weighted by molar-refractivity contribution is 7.86. The van der Waals surface area contributed by atoms with E-state index in [9.17, 15) is 40.0 Å². The van der Waals surface area contributed by atoms with E-state index in [1.54, 1.807) is 0 Å². The summed E-state index contributed by atoms with van der Waals surface area (Å²) in [6, 6.07) is 0. The van der Waals surface area contributed by atoms with Gasteiger partial charge in [0.05, 0.1) is 5.41 Å². The lowest BCUT2D eigenvalue weighted by molar-refractivity contribution is -0.265. The maximum Gasteiger partial charge on any atom is 0.432 e. The van der Waals surface area contributed by atoms with E-state index in [1.807, 2.05) is 0 Å². The Morgan fingerprint density at radius 3 is 2.04 bits per heavy atom. The zero-order chi connectivity index (χ0) is 19.7. The minimum Gasteiger partial charge on any atom is -0.444 e. The number of rotatable bonds is 4. The molecule has 0 aliphatic heterocycles. The van der Waals surface area contributed by atoms with Gasteiger partial charge in [0.25, 0.3) is 6.10 Å². The summed E-state index contributed by atoms with van der Waals surface area (Å²) in [5, 5.41) is -5.75. The predicted molar refractivity (Wildman–Crippen MR) is 73.4 cm³/mol. The lowest BCUT2D eigenvalue weighted by Crippen LogP contribution is -2.58. The van der Waals surface area contributed by atoms with Crippen LogP contribution in [0.15, 0.2) is 0 Å². The number of esters is 1. The summed E-state index contributed by atoms with van der Waals surface area (Å²) in [5.74, 6) is -2.83. The van der Waals surface area contributed by atoms with Crippen molar-refractivity contribution >= 4 is 21.9 Å². The van der Waals surface area contributed by atoms with Crippen molar-refractivity contribution in [3.63, 3.8) is 0 Å². The first-order chi connectivity index (χ1) is 11.7. The van der Waals surface area contributed by atoms with E-state index in [0.717, 1.165) is 0 Å². The van der Waals surface area contributed by atoms with E-state index in [2.05, 4.69) is 4.74 Å². The van der Waals surface area contributed by atoms with Crippen LogP contribution in [0.4, 0.5) is 22.0 Å². The van der Waals surface area contributed by atoms with E-state index in [0.29, 0.717) is 12.8 Å². The van der Waals surface area contributed by atoms with Gasteiger partial charge in [0.1, 0.15) is 5.78 Å². The molecule has 0 aromatic carbocycles. The number of ketones is 1. The quantitative estimate of drug-likeness (QED) is 0.437.